The first-order valence-corrected chi connectivity index (χ1v) is 8.19. The second-order valence-corrected chi connectivity index (χ2v) is 6.15. The lowest BCUT2D eigenvalue weighted by atomic mass is 10.2. The van der Waals surface area contributed by atoms with Crippen LogP contribution in [-0.2, 0) is 10.8 Å². The molecular formula is C12H15N3OS2. The lowest BCUT2D eigenvalue weighted by Crippen LogP contribution is -2.05. The van der Waals surface area contributed by atoms with Crippen molar-refractivity contribution in [2.45, 2.75) is 6.42 Å². The van der Waals surface area contributed by atoms with Crippen LogP contribution in [0.2, 0.25) is 0 Å². The smallest absolute Gasteiger partial charge is 0.202 e. The van der Waals surface area contributed by atoms with Crippen molar-refractivity contribution in [3.05, 3.63) is 30.3 Å². The zero-order chi connectivity index (χ0) is 12.8. The minimum absolute atomic E-state index is 0.720. The molecule has 0 spiro atoms. The molecule has 1 aromatic heterocycles. The summed E-state index contributed by atoms with van der Waals surface area (Å²) in [4.78, 5) is 4.42. The summed E-state index contributed by atoms with van der Waals surface area (Å²) < 4.78 is 15.2. The number of benzene rings is 1. The molecule has 0 aliphatic rings. The summed E-state index contributed by atoms with van der Waals surface area (Å²) in [5, 5.41) is 4.02. The predicted molar refractivity (Wildman–Crippen MR) is 77.4 cm³/mol. The van der Waals surface area contributed by atoms with Crippen LogP contribution in [0.4, 0.5) is 5.13 Å². The third-order valence-electron chi connectivity index (χ3n) is 2.34. The summed E-state index contributed by atoms with van der Waals surface area (Å²) in [5.74, 6) is 1.47. The van der Waals surface area contributed by atoms with Gasteiger partial charge in [0, 0.05) is 46.4 Å². The highest BCUT2D eigenvalue weighted by Crippen LogP contribution is 2.20. The average Bonchev–Trinajstić information content (AvgIpc) is 2.84. The van der Waals surface area contributed by atoms with E-state index >= 15 is 0 Å². The average molecular weight is 281 g/mol. The van der Waals surface area contributed by atoms with Crippen LogP contribution < -0.4 is 5.32 Å². The minimum Gasteiger partial charge on any atom is -0.360 e. The van der Waals surface area contributed by atoms with E-state index < -0.39 is 10.8 Å². The summed E-state index contributed by atoms with van der Waals surface area (Å²) in [7, 11) is -0.721. The van der Waals surface area contributed by atoms with E-state index in [9.17, 15) is 4.21 Å². The summed E-state index contributed by atoms with van der Waals surface area (Å²) in [6.45, 7) is 0.781. The second-order valence-electron chi connectivity index (χ2n) is 3.85. The summed E-state index contributed by atoms with van der Waals surface area (Å²) >= 11 is 1.36. The highest BCUT2D eigenvalue weighted by atomic mass is 32.2. The molecule has 96 valence electrons. The van der Waals surface area contributed by atoms with Crippen LogP contribution in [0.3, 0.4) is 0 Å². The van der Waals surface area contributed by atoms with Crippen molar-refractivity contribution in [2.75, 3.05) is 23.9 Å². The number of nitrogens with one attached hydrogen (secondary N) is 1. The molecule has 0 radical (unpaired) electrons. The van der Waals surface area contributed by atoms with Crippen molar-refractivity contribution in [3.63, 3.8) is 0 Å². The normalized spacial score (nSPS) is 12.3. The van der Waals surface area contributed by atoms with Gasteiger partial charge in [0.1, 0.15) is 0 Å². The molecule has 1 N–H and O–H groups in total. The van der Waals surface area contributed by atoms with E-state index in [0.29, 0.717) is 0 Å². The highest BCUT2D eigenvalue weighted by molar-refractivity contribution is 7.84. The molecule has 4 nitrogen and oxygen atoms in total. The van der Waals surface area contributed by atoms with Gasteiger partial charge in [0.25, 0.3) is 0 Å². The number of aromatic nitrogens is 2. The molecule has 2 aromatic rings. The summed E-state index contributed by atoms with van der Waals surface area (Å²) in [5.41, 5.74) is 1.02. The van der Waals surface area contributed by atoms with Gasteiger partial charge in [-0.05, 0) is 6.42 Å². The van der Waals surface area contributed by atoms with Crippen LogP contribution in [0.1, 0.15) is 6.42 Å². The molecule has 2 rings (SSSR count). The molecule has 1 aromatic carbocycles. The van der Waals surface area contributed by atoms with Gasteiger partial charge in [0.05, 0.1) is 0 Å². The fraction of sp³-hybridized carbons (Fsp3) is 0.333. The fourth-order valence-electron chi connectivity index (χ4n) is 1.47. The Morgan fingerprint density at radius 3 is 2.83 bits per heavy atom. The van der Waals surface area contributed by atoms with E-state index in [2.05, 4.69) is 14.7 Å². The summed E-state index contributed by atoms with van der Waals surface area (Å²) in [6.07, 6.45) is 2.60. The van der Waals surface area contributed by atoms with Crippen LogP contribution in [0.25, 0.3) is 11.4 Å². The van der Waals surface area contributed by atoms with E-state index in [1.165, 1.54) is 11.5 Å². The van der Waals surface area contributed by atoms with Crippen LogP contribution in [0.15, 0.2) is 30.3 Å². The quantitative estimate of drug-likeness (QED) is 0.826. The number of rotatable bonds is 6. The van der Waals surface area contributed by atoms with E-state index in [-0.39, 0.29) is 0 Å². The monoisotopic (exact) mass is 281 g/mol. The summed E-state index contributed by atoms with van der Waals surface area (Å²) in [6, 6.07) is 9.90. The maximum atomic E-state index is 10.9. The van der Waals surface area contributed by atoms with Crippen molar-refractivity contribution in [1.29, 1.82) is 0 Å². The molecule has 0 amide bonds. The van der Waals surface area contributed by atoms with Crippen molar-refractivity contribution in [3.8, 4) is 11.4 Å². The molecule has 0 fully saturated rings. The predicted octanol–water partition coefficient (Wildman–Crippen LogP) is 2.39. The van der Waals surface area contributed by atoms with Crippen molar-refractivity contribution in [2.24, 2.45) is 0 Å². The van der Waals surface area contributed by atoms with Crippen molar-refractivity contribution < 1.29 is 4.21 Å². The third-order valence-corrected chi connectivity index (χ3v) is 3.88. The van der Waals surface area contributed by atoms with Gasteiger partial charge in [-0.25, -0.2) is 0 Å². The first kappa shape index (κ1) is 13.2. The Bertz CT molecular complexity index is 513. The lowest BCUT2D eigenvalue weighted by molar-refractivity contribution is 0.685. The number of hydrogen-bond donors (Lipinski definition) is 1. The Labute approximate surface area is 113 Å². The van der Waals surface area contributed by atoms with E-state index in [1.807, 2.05) is 30.3 Å². The molecule has 0 saturated heterocycles. The Balaban J connectivity index is 1.89. The molecule has 1 unspecified atom stereocenters. The molecule has 0 aliphatic heterocycles. The van der Waals surface area contributed by atoms with Gasteiger partial charge in [-0.2, -0.15) is 9.36 Å². The van der Waals surface area contributed by atoms with Gasteiger partial charge in [0.15, 0.2) is 5.82 Å². The highest BCUT2D eigenvalue weighted by Gasteiger charge is 2.05. The van der Waals surface area contributed by atoms with Crippen LogP contribution >= 0.6 is 11.5 Å². The molecule has 6 heteroatoms. The van der Waals surface area contributed by atoms with Crippen LogP contribution in [0.5, 0.6) is 0 Å². The molecule has 0 aliphatic carbocycles. The van der Waals surface area contributed by atoms with Gasteiger partial charge in [0.2, 0.25) is 5.13 Å². The Morgan fingerprint density at radius 1 is 1.33 bits per heavy atom. The molecule has 1 atom stereocenters. The Morgan fingerprint density at radius 2 is 2.11 bits per heavy atom. The Hall–Kier alpha value is -1.27. The van der Waals surface area contributed by atoms with Crippen LogP contribution in [-0.4, -0.2) is 32.1 Å². The minimum atomic E-state index is -0.721. The topological polar surface area (TPSA) is 54.9 Å². The number of nitrogens with zero attached hydrogens (tertiary/aromatic N) is 2. The van der Waals surface area contributed by atoms with E-state index in [4.69, 9.17) is 0 Å². The van der Waals surface area contributed by atoms with Crippen molar-refractivity contribution in [1.82, 2.24) is 9.36 Å². The molecule has 1 heterocycles. The zero-order valence-corrected chi connectivity index (χ0v) is 11.8. The number of hydrogen-bond acceptors (Lipinski definition) is 5. The fourth-order valence-corrected chi connectivity index (χ4v) is 2.63. The molecule has 18 heavy (non-hydrogen) atoms. The molecular weight excluding hydrogens is 266 g/mol. The SMILES string of the molecule is CS(=O)CCCNc1nc(-c2ccccc2)ns1. The molecule has 0 saturated carbocycles. The van der Waals surface area contributed by atoms with Gasteiger partial charge >= 0.3 is 0 Å². The standard InChI is InChI=1S/C12H15N3OS2/c1-18(16)9-5-8-13-12-14-11(15-17-12)10-6-3-2-4-7-10/h2-4,6-7H,5,8-9H2,1H3,(H,13,14,15). The third kappa shape index (κ3) is 3.89. The second kappa shape index (κ2) is 6.61. The largest absolute Gasteiger partial charge is 0.360 e. The number of anilines is 1. The van der Waals surface area contributed by atoms with Gasteiger partial charge < -0.3 is 5.32 Å². The van der Waals surface area contributed by atoms with Gasteiger partial charge in [-0.3, -0.25) is 4.21 Å². The lowest BCUT2D eigenvalue weighted by Gasteiger charge is -1.99. The first-order chi connectivity index (χ1) is 8.75. The van der Waals surface area contributed by atoms with Gasteiger partial charge in [-0.1, -0.05) is 30.3 Å². The maximum absolute atomic E-state index is 10.9. The van der Waals surface area contributed by atoms with Crippen molar-refractivity contribution >= 4 is 27.5 Å². The van der Waals surface area contributed by atoms with E-state index in [0.717, 1.165) is 35.2 Å². The van der Waals surface area contributed by atoms with E-state index in [1.54, 1.807) is 6.26 Å². The van der Waals surface area contributed by atoms with Crippen LogP contribution in [0, 0.1) is 0 Å². The Kier molecular flexibility index (Phi) is 4.83. The first-order valence-electron chi connectivity index (χ1n) is 5.69. The maximum Gasteiger partial charge on any atom is 0.202 e. The molecule has 0 bridgehead atoms. The zero-order valence-electron chi connectivity index (χ0n) is 10.1. The van der Waals surface area contributed by atoms with Gasteiger partial charge in [-0.15, -0.1) is 0 Å².